The normalized spacial score (nSPS) is 14.3. The molecule has 1 N–H and O–H groups in total. The van der Waals surface area contributed by atoms with Crippen molar-refractivity contribution in [3.8, 4) is 23.8 Å². The third-order valence-electron chi connectivity index (χ3n) is 3.60. The van der Waals surface area contributed by atoms with E-state index in [1.807, 2.05) is 19.1 Å². The number of hydrogen-bond donors (Lipinski definition) is 1. The van der Waals surface area contributed by atoms with Crippen LogP contribution in [0.4, 0.5) is 0 Å². The summed E-state index contributed by atoms with van der Waals surface area (Å²) in [5, 5.41) is 3.60. The van der Waals surface area contributed by atoms with E-state index in [2.05, 4.69) is 17.3 Å². The Bertz CT molecular complexity index is 464. The van der Waals surface area contributed by atoms with Gasteiger partial charge in [-0.3, -0.25) is 0 Å². The van der Waals surface area contributed by atoms with Crippen molar-refractivity contribution in [1.29, 1.82) is 0 Å². The molecule has 0 aromatic heterocycles. The van der Waals surface area contributed by atoms with Gasteiger partial charge in [-0.25, -0.2) is 0 Å². The van der Waals surface area contributed by atoms with Gasteiger partial charge in [-0.2, -0.15) is 0 Å². The lowest BCUT2D eigenvalue weighted by Crippen LogP contribution is -2.25. The zero-order valence-corrected chi connectivity index (χ0v) is 13.4. The number of benzene rings is 1. The van der Waals surface area contributed by atoms with Crippen LogP contribution in [0.5, 0.6) is 11.5 Å². The van der Waals surface area contributed by atoms with Gasteiger partial charge in [-0.05, 0) is 25.8 Å². The van der Waals surface area contributed by atoms with E-state index in [9.17, 15) is 0 Å². The maximum Gasteiger partial charge on any atom is 0.167 e. The van der Waals surface area contributed by atoms with Crippen molar-refractivity contribution in [3.63, 3.8) is 0 Å². The van der Waals surface area contributed by atoms with Crippen LogP contribution in [-0.2, 0) is 6.54 Å². The molecule has 0 unspecified atom stereocenters. The second kappa shape index (κ2) is 9.55. The van der Waals surface area contributed by atoms with E-state index >= 15 is 0 Å². The van der Waals surface area contributed by atoms with Crippen LogP contribution in [0.2, 0.25) is 0 Å². The number of rotatable bonds is 7. The van der Waals surface area contributed by atoms with Crippen molar-refractivity contribution < 1.29 is 9.47 Å². The monoisotopic (exact) mass is 309 g/mol. The van der Waals surface area contributed by atoms with Gasteiger partial charge < -0.3 is 14.8 Å². The average Bonchev–Trinajstić information content (AvgIpc) is 2.97. The molecule has 0 atom stereocenters. The average molecular weight is 310 g/mol. The van der Waals surface area contributed by atoms with Crippen molar-refractivity contribution >= 4 is 12.4 Å². The molecule has 4 heteroatoms. The minimum Gasteiger partial charge on any atom is -0.490 e. The van der Waals surface area contributed by atoms with Crippen LogP contribution in [0.3, 0.4) is 0 Å². The SMILES string of the molecule is C#CCOc1c(CNC2CCCC2)cccc1OCC.Cl. The van der Waals surface area contributed by atoms with Crippen molar-refractivity contribution in [2.45, 2.75) is 45.2 Å². The molecule has 0 aliphatic heterocycles. The van der Waals surface area contributed by atoms with Gasteiger partial charge in [0.1, 0.15) is 6.61 Å². The van der Waals surface area contributed by atoms with Crippen LogP contribution >= 0.6 is 12.4 Å². The van der Waals surface area contributed by atoms with Crippen LogP contribution in [0.15, 0.2) is 18.2 Å². The number of halogens is 1. The van der Waals surface area contributed by atoms with Crippen LogP contribution < -0.4 is 14.8 Å². The lowest BCUT2D eigenvalue weighted by molar-refractivity contribution is 0.296. The number of ether oxygens (including phenoxy) is 2. The number of hydrogen-bond acceptors (Lipinski definition) is 3. The molecular formula is C17H24ClNO2. The second-order valence-corrected chi connectivity index (χ2v) is 5.03. The number of nitrogens with one attached hydrogen (secondary N) is 1. The molecule has 116 valence electrons. The van der Waals surface area contributed by atoms with Crippen molar-refractivity contribution in [2.24, 2.45) is 0 Å². The molecule has 1 saturated carbocycles. The summed E-state index contributed by atoms with van der Waals surface area (Å²) < 4.78 is 11.3. The van der Waals surface area contributed by atoms with Crippen LogP contribution in [0.1, 0.15) is 38.2 Å². The van der Waals surface area contributed by atoms with Gasteiger partial charge in [-0.1, -0.05) is 30.9 Å². The van der Waals surface area contributed by atoms with Gasteiger partial charge >= 0.3 is 0 Å². The van der Waals surface area contributed by atoms with E-state index in [0.717, 1.165) is 23.6 Å². The summed E-state index contributed by atoms with van der Waals surface area (Å²) in [6.45, 7) is 3.65. The van der Waals surface area contributed by atoms with Gasteiger partial charge in [0.15, 0.2) is 11.5 Å². The maximum absolute atomic E-state index is 5.68. The smallest absolute Gasteiger partial charge is 0.167 e. The minimum atomic E-state index is 0. The zero-order chi connectivity index (χ0) is 14.2. The van der Waals surface area contributed by atoms with Gasteiger partial charge in [0.25, 0.3) is 0 Å². The Hall–Kier alpha value is -1.37. The Kier molecular flexibility index (Phi) is 8.04. The summed E-state index contributed by atoms with van der Waals surface area (Å²) in [5.74, 6) is 4.06. The molecule has 0 spiro atoms. The van der Waals surface area contributed by atoms with Crippen LogP contribution in [0, 0.1) is 12.3 Å². The van der Waals surface area contributed by atoms with E-state index in [1.54, 1.807) is 0 Å². The van der Waals surface area contributed by atoms with Gasteiger partial charge in [-0.15, -0.1) is 18.8 Å². The highest BCUT2D eigenvalue weighted by molar-refractivity contribution is 5.85. The lowest BCUT2D eigenvalue weighted by Gasteiger charge is -2.17. The fourth-order valence-corrected chi connectivity index (χ4v) is 2.63. The molecule has 2 rings (SSSR count). The van der Waals surface area contributed by atoms with E-state index in [4.69, 9.17) is 15.9 Å². The predicted octanol–water partition coefficient (Wildman–Crippen LogP) is 3.55. The molecule has 0 heterocycles. The molecule has 1 aliphatic carbocycles. The highest BCUT2D eigenvalue weighted by Crippen LogP contribution is 2.31. The second-order valence-electron chi connectivity index (χ2n) is 5.03. The summed E-state index contributed by atoms with van der Waals surface area (Å²) in [4.78, 5) is 0. The molecule has 21 heavy (non-hydrogen) atoms. The third-order valence-corrected chi connectivity index (χ3v) is 3.60. The summed E-state index contributed by atoms with van der Waals surface area (Å²) in [6, 6.07) is 6.62. The lowest BCUT2D eigenvalue weighted by atomic mass is 10.1. The zero-order valence-electron chi connectivity index (χ0n) is 12.6. The summed E-state index contributed by atoms with van der Waals surface area (Å²) >= 11 is 0. The summed E-state index contributed by atoms with van der Waals surface area (Å²) in [5.41, 5.74) is 1.11. The first-order valence-corrected chi connectivity index (χ1v) is 7.39. The molecule has 3 nitrogen and oxygen atoms in total. The maximum atomic E-state index is 5.68. The molecule has 1 aliphatic rings. The predicted molar refractivity (Wildman–Crippen MR) is 88.3 cm³/mol. The fourth-order valence-electron chi connectivity index (χ4n) is 2.63. The summed E-state index contributed by atoms with van der Waals surface area (Å²) in [7, 11) is 0. The minimum absolute atomic E-state index is 0. The van der Waals surface area contributed by atoms with E-state index in [0.29, 0.717) is 12.6 Å². The first-order valence-electron chi connectivity index (χ1n) is 7.39. The molecule has 0 bridgehead atoms. The van der Waals surface area contributed by atoms with Crippen molar-refractivity contribution in [1.82, 2.24) is 5.32 Å². The van der Waals surface area contributed by atoms with Crippen molar-refractivity contribution in [3.05, 3.63) is 23.8 Å². The first kappa shape index (κ1) is 17.7. The van der Waals surface area contributed by atoms with Gasteiger partial charge in [0, 0.05) is 18.2 Å². The van der Waals surface area contributed by atoms with E-state index in [1.165, 1.54) is 25.7 Å². The molecule has 0 amide bonds. The Labute approximate surface area is 133 Å². The van der Waals surface area contributed by atoms with Crippen molar-refractivity contribution in [2.75, 3.05) is 13.2 Å². The van der Waals surface area contributed by atoms with E-state index in [-0.39, 0.29) is 19.0 Å². The summed E-state index contributed by atoms with van der Waals surface area (Å²) in [6.07, 6.45) is 10.5. The Balaban J connectivity index is 0.00000220. The molecule has 1 aromatic carbocycles. The molecule has 1 fully saturated rings. The van der Waals surface area contributed by atoms with E-state index < -0.39 is 0 Å². The highest BCUT2D eigenvalue weighted by atomic mass is 35.5. The number of terminal acetylenes is 1. The Morgan fingerprint density at radius 1 is 1.29 bits per heavy atom. The Morgan fingerprint density at radius 3 is 2.71 bits per heavy atom. The van der Waals surface area contributed by atoms with Gasteiger partial charge in [0.05, 0.1) is 6.61 Å². The molecular weight excluding hydrogens is 286 g/mol. The molecule has 0 radical (unpaired) electrons. The largest absolute Gasteiger partial charge is 0.490 e. The standard InChI is InChI=1S/C17H23NO2.ClH/c1-3-12-20-17-14(8-7-11-16(17)19-4-2)13-18-15-9-5-6-10-15;/h1,7-8,11,15,18H,4-6,9-10,12-13H2,2H3;1H. The van der Waals surface area contributed by atoms with Crippen LogP contribution in [0.25, 0.3) is 0 Å². The number of para-hydroxylation sites is 1. The topological polar surface area (TPSA) is 30.5 Å². The van der Waals surface area contributed by atoms with Gasteiger partial charge in [0.2, 0.25) is 0 Å². The Morgan fingerprint density at radius 2 is 2.05 bits per heavy atom. The quantitative estimate of drug-likeness (QED) is 0.781. The highest BCUT2D eigenvalue weighted by Gasteiger charge is 2.16. The molecule has 0 saturated heterocycles. The van der Waals surface area contributed by atoms with Crippen LogP contribution in [-0.4, -0.2) is 19.3 Å². The first-order chi connectivity index (χ1) is 9.85. The third kappa shape index (κ3) is 5.15. The fraction of sp³-hybridized carbons (Fsp3) is 0.529. The molecule has 1 aromatic rings.